The summed E-state index contributed by atoms with van der Waals surface area (Å²) in [4.78, 5) is 33.6. The van der Waals surface area contributed by atoms with E-state index < -0.39 is 0 Å². The monoisotopic (exact) mass is 513 g/mol. The molecule has 2 heterocycles. The SMILES string of the molecule is CCOC(=O)C1CCCN(C(=O)c2csc(CN(Cc3ccc(F)cc3)Cc3ccc(F)cc3)n2)C1. The third-order valence-electron chi connectivity index (χ3n) is 6.10. The van der Waals surface area contributed by atoms with Gasteiger partial charge in [-0.25, -0.2) is 13.8 Å². The third-order valence-corrected chi connectivity index (χ3v) is 6.93. The van der Waals surface area contributed by atoms with E-state index in [1.807, 2.05) is 0 Å². The fraction of sp³-hybridized carbons (Fsp3) is 0.370. The molecule has 4 rings (SSSR count). The van der Waals surface area contributed by atoms with E-state index in [4.69, 9.17) is 4.74 Å². The summed E-state index contributed by atoms with van der Waals surface area (Å²) in [5.41, 5.74) is 2.23. The average molecular weight is 514 g/mol. The van der Waals surface area contributed by atoms with Crippen LogP contribution < -0.4 is 0 Å². The van der Waals surface area contributed by atoms with Gasteiger partial charge in [0.2, 0.25) is 0 Å². The van der Waals surface area contributed by atoms with Crippen molar-refractivity contribution in [3.05, 3.63) is 87.4 Å². The van der Waals surface area contributed by atoms with Gasteiger partial charge < -0.3 is 9.64 Å². The molecule has 1 aliphatic heterocycles. The molecule has 0 N–H and O–H groups in total. The van der Waals surface area contributed by atoms with Gasteiger partial charge in [0.1, 0.15) is 22.3 Å². The van der Waals surface area contributed by atoms with Crippen LogP contribution in [0, 0.1) is 17.6 Å². The molecule has 2 aromatic carbocycles. The zero-order valence-electron chi connectivity index (χ0n) is 20.2. The molecular weight excluding hydrogens is 484 g/mol. The second-order valence-electron chi connectivity index (χ2n) is 8.87. The van der Waals surface area contributed by atoms with Crippen LogP contribution in [0.1, 0.15) is 46.4 Å². The number of halogens is 2. The Morgan fingerprint density at radius 3 is 2.22 bits per heavy atom. The summed E-state index contributed by atoms with van der Waals surface area (Å²) >= 11 is 1.40. The summed E-state index contributed by atoms with van der Waals surface area (Å²) in [6.45, 7) is 4.56. The smallest absolute Gasteiger partial charge is 0.310 e. The minimum atomic E-state index is -0.303. The lowest BCUT2D eigenvalue weighted by atomic mass is 9.98. The highest BCUT2D eigenvalue weighted by molar-refractivity contribution is 7.09. The Bertz CT molecular complexity index is 1120. The van der Waals surface area contributed by atoms with Crippen molar-refractivity contribution in [3.63, 3.8) is 0 Å². The minimum absolute atomic E-state index is 0.185. The number of amides is 1. The van der Waals surface area contributed by atoms with Crippen molar-refractivity contribution in [1.82, 2.24) is 14.8 Å². The molecule has 1 amide bonds. The predicted octanol–water partition coefficient (Wildman–Crippen LogP) is 5.04. The van der Waals surface area contributed by atoms with Crippen LogP contribution in [-0.4, -0.2) is 46.4 Å². The molecule has 0 spiro atoms. The van der Waals surface area contributed by atoms with Crippen molar-refractivity contribution in [3.8, 4) is 0 Å². The molecular formula is C27H29F2N3O3S. The van der Waals surface area contributed by atoms with Crippen LogP contribution in [0.15, 0.2) is 53.9 Å². The normalized spacial score (nSPS) is 15.8. The Balaban J connectivity index is 1.45. The number of carbonyl (C=O) groups is 2. The zero-order valence-corrected chi connectivity index (χ0v) is 21.0. The lowest BCUT2D eigenvalue weighted by molar-refractivity contribution is -0.149. The molecule has 9 heteroatoms. The quantitative estimate of drug-likeness (QED) is 0.375. The predicted molar refractivity (Wildman–Crippen MR) is 133 cm³/mol. The summed E-state index contributed by atoms with van der Waals surface area (Å²) < 4.78 is 31.9. The Morgan fingerprint density at radius 1 is 1.03 bits per heavy atom. The first-order valence-corrected chi connectivity index (χ1v) is 12.9. The van der Waals surface area contributed by atoms with Crippen LogP contribution in [0.4, 0.5) is 8.78 Å². The highest BCUT2D eigenvalue weighted by Gasteiger charge is 2.30. The van der Waals surface area contributed by atoms with Gasteiger partial charge in [-0.05, 0) is 55.2 Å². The molecule has 0 radical (unpaired) electrons. The number of rotatable bonds is 9. The van der Waals surface area contributed by atoms with Gasteiger partial charge in [-0.15, -0.1) is 11.3 Å². The minimum Gasteiger partial charge on any atom is -0.466 e. The second kappa shape index (κ2) is 12.2. The number of hydrogen-bond acceptors (Lipinski definition) is 6. The Morgan fingerprint density at radius 2 is 1.64 bits per heavy atom. The van der Waals surface area contributed by atoms with Crippen molar-refractivity contribution in [1.29, 1.82) is 0 Å². The molecule has 3 aromatic rings. The zero-order chi connectivity index (χ0) is 25.5. The van der Waals surface area contributed by atoms with E-state index >= 15 is 0 Å². The first kappa shape index (κ1) is 25.9. The number of carbonyl (C=O) groups excluding carboxylic acids is 2. The van der Waals surface area contributed by atoms with Gasteiger partial charge in [-0.2, -0.15) is 0 Å². The van der Waals surface area contributed by atoms with E-state index in [0.717, 1.165) is 22.6 Å². The standard InChI is InChI=1S/C27H29F2N3O3S/c1-2-35-27(34)21-4-3-13-32(16-21)26(33)24-18-36-25(30-24)17-31(14-19-5-9-22(28)10-6-19)15-20-7-11-23(29)12-8-20/h5-12,18,21H,2-4,13-17H2,1H3. The molecule has 1 fully saturated rings. The third kappa shape index (κ3) is 6.95. The number of benzene rings is 2. The summed E-state index contributed by atoms with van der Waals surface area (Å²) in [7, 11) is 0. The summed E-state index contributed by atoms with van der Waals surface area (Å²) in [6, 6.07) is 12.6. The summed E-state index contributed by atoms with van der Waals surface area (Å²) in [5, 5.41) is 2.51. The maximum atomic E-state index is 13.4. The van der Waals surface area contributed by atoms with Crippen LogP contribution in [0.3, 0.4) is 0 Å². The maximum Gasteiger partial charge on any atom is 0.310 e. The van der Waals surface area contributed by atoms with Gasteiger partial charge in [0.25, 0.3) is 5.91 Å². The molecule has 36 heavy (non-hydrogen) atoms. The number of hydrogen-bond donors (Lipinski definition) is 0. The van der Waals surface area contributed by atoms with Crippen molar-refractivity contribution < 1.29 is 23.1 Å². The Kier molecular flexibility index (Phi) is 8.77. The van der Waals surface area contributed by atoms with Crippen LogP contribution in [-0.2, 0) is 29.2 Å². The number of esters is 1. The molecule has 0 aliphatic carbocycles. The number of ether oxygens (including phenoxy) is 1. The first-order valence-electron chi connectivity index (χ1n) is 12.0. The van der Waals surface area contributed by atoms with E-state index in [9.17, 15) is 18.4 Å². The van der Waals surface area contributed by atoms with Crippen LogP contribution in [0.5, 0.6) is 0 Å². The van der Waals surface area contributed by atoms with E-state index in [-0.39, 0.29) is 29.4 Å². The van der Waals surface area contributed by atoms with Gasteiger partial charge in [0.15, 0.2) is 0 Å². The molecule has 1 atom stereocenters. The molecule has 1 aromatic heterocycles. The highest BCUT2D eigenvalue weighted by Crippen LogP contribution is 2.22. The molecule has 1 saturated heterocycles. The van der Waals surface area contributed by atoms with Crippen LogP contribution in [0.2, 0.25) is 0 Å². The molecule has 1 aliphatic rings. The van der Waals surface area contributed by atoms with E-state index in [0.29, 0.717) is 51.4 Å². The van der Waals surface area contributed by atoms with E-state index in [2.05, 4.69) is 9.88 Å². The largest absolute Gasteiger partial charge is 0.466 e. The summed E-state index contributed by atoms with van der Waals surface area (Å²) in [6.07, 6.45) is 1.46. The highest BCUT2D eigenvalue weighted by atomic mass is 32.1. The van der Waals surface area contributed by atoms with Crippen molar-refractivity contribution >= 4 is 23.2 Å². The summed E-state index contributed by atoms with van der Waals surface area (Å²) in [5.74, 6) is -1.34. The number of thiazole rings is 1. The Labute approximate surface area is 213 Å². The van der Waals surface area contributed by atoms with E-state index in [1.165, 1.54) is 35.6 Å². The van der Waals surface area contributed by atoms with Gasteiger partial charge in [-0.1, -0.05) is 24.3 Å². The van der Waals surface area contributed by atoms with Crippen LogP contribution in [0.25, 0.3) is 0 Å². The van der Waals surface area contributed by atoms with Gasteiger partial charge in [-0.3, -0.25) is 14.5 Å². The average Bonchev–Trinajstić information content (AvgIpc) is 3.35. The molecule has 0 bridgehead atoms. The number of aromatic nitrogens is 1. The van der Waals surface area contributed by atoms with Crippen molar-refractivity contribution in [2.45, 2.75) is 39.4 Å². The number of piperidine rings is 1. The molecule has 6 nitrogen and oxygen atoms in total. The molecule has 190 valence electrons. The fourth-order valence-corrected chi connectivity index (χ4v) is 5.12. The van der Waals surface area contributed by atoms with E-state index in [1.54, 1.807) is 41.5 Å². The maximum absolute atomic E-state index is 13.4. The second-order valence-corrected chi connectivity index (χ2v) is 9.81. The number of nitrogens with zero attached hydrogens (tertiary/aromatic N) is 3. The molecule has 1 unspecified atom stereocenters. The first-order chi connectivity index (χ1) is 17.4. The van der Waals surface area contributed by atoms with Crippen molar-refractivity contribution in [2.24, 2.45) is 5.92 Å². The van der Waals surface area contributed by atoms with Crippen LogP contribution >= 0.6 is 11.3 Å². The lowest BCUT2D eigenvalue weighted by Gasteiger charge is -2.31. The van der Waals surface area contributed by atoms with Gasteiger partial charge in [0, 0.05) is 31.6 Å². The number of likely N-dealkylation sites (tertiary alicyclic amines) is 1. The Hall–Kier alpha value is -3.17. The lowest BCUT2D eigenvalue weighted by Crippen LogP contribution is -2.43. The fourth-order valence-electron chi connectivity index (χ4n) is 4.31. The van der Waals surface area contributed by atoms with Crippen molar-refractivity contribution in [2.75, 3.05) is 19.7 Å². The topological polar surface area (TPSA) is 62.7 Å². The molecule has 0 saturated carbocycles. The van der Waals surface area contributed by atoms with Gasteiger partial charge >= 0.3 is 5.97 Å². The van der Waals surface area contributed by atoms with Gasteiger partial charge in [0.05, 0.1) is 19.1 Å².